The molecule has 1 aromatic heterocycles. The molecule has 2 rings (SSSR count). The minimum atomic E-state index is -1.00. The fourth-order valence-corrected chi connectivity index (χ4v) is 2.03. The largest absolute Gasteiger partial charge is 0.477 e. The van der Waals surface area contributed by atoms with Crippen LogP contribution < -0.4 is 0 Å². The average Bonchev–Trinajstić information content (AvgIpc) is 2.64. The number of aryl methyl sites for hydroxylation is 1. The van der Waals surface area contributed by atoms with Crippen molar-refractivity contribution < 1.29 is 9.90 Å². The number of rotatable bonds is 2. The van der Waals surface area contributed by atoms with Gasteiger partial charge in [0.2, 0.25) is 0 Å². The first-order chi connectivity index (χ1) is 7.99. The molecular weight excluding hydrogens is 305 g/mol. The number of carboxylic acid groups (broad SMARTS) is 1. The highest BCUT2D eigenvalue weighted by Gasteiger charge is 2.13. The van der Waals surface area contributed by atoms with Gasteiger partial charge < -0.3 is 9.67 Å². The van der Waals surface area contributed by atoms with E-state index >= 15 is 0 Å². The average molecular weight is 315 g/mol. The van der Waals surface area contributed by atoms with Crippen molar-refractivity contribution in [2.24, 2.45) is 0 Å². The third-order valence-electron chi connectivity index (χ3n) is 2.43. The number of carboxylic acids is 1. The van der Waals surface area contributed by atoms with Crippen LogP contribution >= 0.6 is 27.5 Å². The van der Waals surface area contributed by atoms with Gasteiger partial charge in [0.25, 0.3) is 0 Å². The molecule has 88 valence electrons. The molecule has 0 aliphatic heterocycles. The van der Waals surface area contributed by atoms with E-state index in [4.69, 9.17) is 16.7 Å². The van der Waals surface area contributed by atoms with Crippen LogP contribution in [-0.4, -0.2) is 15.6 Å². The van der Waals surface area contributed by atoms with E-state index in [-0.39, 0.29) is 5.69 Å². The molecule has 1 aromatic carbocycles. The van der Waals surface area contributed by atoms with E-state index in [0.717, 1.165) is 15.7 Å². The van der Waals surface area contributed by atoms with Gasteiger partial charge in [-0.15, -0.1) is 0 Å². The summed E-state index contributed by atoms with van der Waals surface area (Å²) in [4.78, 5) is 11.1. The number of nitrogens with zero attached hydrogens (tertiary/aromatic N) is 1. The maximum Gasteiger partial charge on any atom is 0.352 e. The Labute approximate surface area is 112 Å². The molecule has 0 radical (unpaired) electrons. The molecule has 0 aliphatic rings. The number of carbonyl (C=O) groups is 1. The third-order valence-corrected chi connectivity index (χ3v) is 3.52. The van der Waals surface area contributed by atoms with Crippen LogP contribution in [0.4, 0.5) is 0 Å². The summed E-state index contributed by atoms with van der Waals surface area (Å²) >= 11 is 9.24. The molecule has 3 nitrogen and oxygen atoms in total. The van der Waals surface area contributed by atoms with E-state index in [1.807, 2.05) is 25.1 Å². The fraction of sp³-hybridized carbons (Fsp3) is 0.0833. The van der Waals surface area contributed by atoms with E-state index < -0.39 is 5.97 Å². The van der Waals surface area contributed by atoms with Crippen LogP contribution in [-0.2, 0) is 0 Å². The lowest BCUT2D eigenvalue weighted by molar-refractivity contribution is 0.0688. The minimum Gasteiger partial charge on any atom is -0.477 e. The molecule has 0 aliphatic carbocycles. The molecule has 0 unspecified atom stereocenters. The molecule has 0 saturated heterocycles. The van der Waals surface area contributed by atoms with E-state index in [1.54, 1.807) is 10.8 Å². The normalized spacial score (nSPS) is 10.5. The molecule has 0 fully saturated rings. The first-order valence-electron chi connectivity index (χ1n) is 4.87. The molecule has 0 bridgehead atoms. The second-order valence-electron chi connectivity index (χ2n) is 3.65. The molecule has 5 heteroatoms. The molecule has 17 heavy (non-hydrogen) atoms. The van der Waals surface area contributed by atoms with Crippen LogP contribution in [0.5, 0.6) is 0 Å². The number of aromatic carboxylic acids is 1. The van der Waals surface area contributed by atoms with Crippen molar-refractivity contribution in [2.45, 2.75) is 6.92 Å². The van der Waals surface area contributed by atoms with Gasteiger partial charge in [-0.3, -0.25) is 0 Å². The summed E-state index contributed by atoms with van der Waals surface area (Å²) < 4.78 is 2.54. The van der Waals surface area contributed by atoms with E-state index in [9.17, 15) is 4.79 Å². The van der Waals surface area contributed by atoms with Crippen molar-refractivity contribution in [1.82, 2.24) is 4.57 Å². The number of benzene rings is 1. The summed E-state index contributed by atoms with van der Waals surface area (Å²) in [6.07, 6.45) is 1.59. The van der Waals surface area contributed by atoms with Gasteiger partial charge in [0.15, 0.2) is 0 Å². The van der Waals surface area contributed by atoms with Gasteiger partial charge >= 0.3 is 5.97 Å². The zero-order chi connectivity index (χ0) is 12.6. The van der Waals surface area contributed by atoms with Crippen LogP contribution in [0.3, 0.4) is 0 Å². The lowest BCUT2D eigenvalue weighted by Crippen LogP contribution is -2.05. The SMILES string of the molecule is Cc1cc(-n2cc(Cl)cc2C(=O)O)ccc1Br. The topological polar surface area (TPSA) is 42.2 Å². The molecule has 0 spiro atoms. The Morgan fingerprint density at radius 3 is 2.71 bits per heavy atom. The molecule has 1 N–H and O–H groups in total. The van der Waals surface area contributed by atoms with Crippen LogP contribution in [0.25, 0.3) is 5.69 Å². The second-order valence-corrected chi connectivity index (χ2v) is 4.94. The van der Waals surface area contributed by atoms with Crippen molar-refractivity contribution in [3.8, 4) is 5.69 Å². The summed E-state index contributed by atoms with van der Waals surface area (Å²) in [5.41, 5.74) is 1.95. The Hall–Kier alpha value is -1.26. The zero-order valence-electron chi connectivity index (χ0n) is 8.95. The van der Waals surface area contributed by atoms with Gasteiger partial charge in [0, 0.05) is 16.4 Å². The maximum atomic E-state index is 11.1. The number of hydrogen-bond donors (Lipinski definition) is 1. The molecule has 1 heterocycles. The van der Waals surface area contributed by atoms with Gasteiger partial charge in [0.1, 0.15) is 5.69 Å². The maximum absolute atomic E-state index is 11.1. The van der Waals surface area contributed by atoms with Crippen molar-refractivity contribution in [1.29, 1.82) is 0 Å². The third kappa shape index (κ3) is 2.37. The molecule has 0 saturated carbocycles. The second kappa shape index (κ2) is 4.55. The fourth-order valence-electron chi connectivity index (χ4n) is 1.59. The predicted molar refractivity (Wildman–Crippen MR) is 70.2 cm³/mol. The number of hydrogen-bond acceptors (Lipinski definition) is 1. The van der Waals surface area contributed by atoms with Crippen LogP contribution in [0.1, 0.15) is 16.1 Å². The zero-order valence-corrected chi connectivity index (χ0v) is 11.3. The first-order valence-corrected chi connectivity index (χ1v) is 6.04. The number of aromatic nitrogens is 1. The Morgan fingerprint density at radius 2 is 2.12 bits per heavy atom. The highest BCUT2D eigenvalue weighted by molar-refractivity contribution is 9.10. The van der Waals surface area contributed by atoms with Crippen molar-refractivity contribution in [3.63, 3.8) is 0 Å². The van der Waals surface area contributed by atoms with Gasteiger partial charge in [-0.05, 0) is 36.8 Å². The Balaban J connectivity index is 2.59. The minimum absolute atomic E-state index is 0.150. The highest BCUT2D eigenvalue weighted by Crippen LogP contribution is 2.23. The summed E-state index contributed by atoms with van der Waals surface area (Å²) in [7, 11) is 0. The molecule has 0 amide bonds. The Kier molecular flexibility index (Phi) is 3.26. The summed E-state index contributed by atoms with van der Waals surface area (Å²) in [6.45, 7) is 1.94. The van der Waals surface area contributed by atoms with Crippen molar-refractivity contribution in [2.75, 3.05) is 0 Å². The summed E-state index contributed by atoms with van der Waals surface area (Å²) in [5, 5.41) is 9.48. The van der Waals surface area contributed by atoms with Gasteiger partial charge in [-0.25, -0.2) is 4.79 Å². The van der Waals surface area contributed by atoms with Gasteiger partial charge in [-0.1, -0.05) is 27.5 Å². The van der Waals surface area contributed by atoms with Crippen molar-refractivity contribution >= 4 is 33.5 Å². The Morgan fingerprint density at radius 1 is 1.41 bits per heavy atom. The summed E-state index contributed by atoms with van der Waals surface area (Å²) in [6, 6.07) is 7.04. The summed E-state index contributed by atoms with van der Waals surface area (Å²) in [5.74, 6) is -1.00. The predicted octanol–water partition coefficient (Wildman–Crippen LogP) is 3.90. The lowest BCUT2D eigenvalue weighted by atomic mass is 10.2. The highest BCUT2D eigenvalue weighted by atomic mass is 79.9. The quantitative estimate of drug-likeness (QED) is 0.913. The van der Waals surface area contributed by atoms with Crippen LogP contribution in [0.15, 0.2) is 34.9 Å². The van der Waals surface area contributed by atoms with Gasteiger partial charge in [-0.2, -0.15) is 0 Å². The van der Waals surface area contributed by atoms with Crippen LogP contribution in [0.2, 0.25) is 5.02 Å². The van der Waals surface area contributed by atoms with Crippen LogP contribution in [0, 0.1) is 6.92 Å². The van der Waals surface area contributed by atoms with Crippen molar-refractivity contribution in [3.05, 3.63) is 51.2 Å². The standard InChI is InChI=1S/C12H9BrClNO2/c1-7-4-9(2-3-10(7)13)15-6-8(14)5-11(15)12(16)17/h2-6H,1H3,(H,16,17). The molecule has 0 atom stereocenters. The smallest absolute Gasteiger partial charge is 0.352 e. The van der Waals surface area contributed by atoms with E-state index in [1.165, 1.54) is 6.07 Å². The monoisotopic (exact) mass is 313 g/mol. The number of halogens is 2. The molecule has 2 aromatic rings. The Bertz CT molecular complexity index is 592. The van der Waals surface area contributed by atoms with E-state index in [0.29, 0.717) is 5.02 Å². The van der Waals surface area contributed by atoms with E-state index in [2.05, 4.69) is 15.9 Å². The lowest BCUT2D eigenvalue weighted by Gasteiger charge is -2.08. The van der Waals surface area contributed by atoms with Gasteiger partial charge in [0.05, 0.1) is 5.02 Å². The molecular formula is C12H9BrClNO2. The first kappa shape index (κ1) is 12.2.